The molecule has 0 atom stereocenters. The first-order valence-electron chi connectivity index (χ1n) is 19.4. The summed E-state index contributed by atoms with van der Waals surface area (Å²) < 4.78 is 8.87. The zero-order valence-electron chi connectivity index (χ0n) is 31.1. The van der Waals surface area contributed by atoms with Crippen LogP contribution in [0.5, 0.6) is 0 Å². The summed E-state index contributed by atoms with van der Waals surface area (Å²) in [6.45, 7) is 0. The highest BCUT2D eigenvalue weighted by molar-refractivity contribution is 6.18. The van der Waals surface area contributed by atoms with Crippen LogP contribution in [-0.4, -0.2) is 4.57 Å². The van der Waals surface area contributed by atoms with E-state index in [1.807, 2.05) is 6.07 Å². The molecule has 0 fully saturated rings. The molecule has 0 saturated carbocycles. The van der Waals surface area contributed by atoms with E-state index in [1.165, 1.54) is 44.2 Å². The zero-order chi connectivity index (χ0) is 37.7. The van der Waals surface area contributed by atoms with E-state index in [0.717, 1.165) is 55.7 Å². The molecule has 0 saturated heterocycles. The average Bonchev–Trinajstić information content (AvgIpc) is 3.84. The van der Waals surface area contributed by atoms with Crippen molar-refractivity contribution in [3.8, 4) is 39.1 Å². The predicted octanol–water partition coefficient (Wildman–Crippen LogP) is 15.2. The third-order valence-corrected chi connectivity index (χ3v) is 11.2. The van der Waals surface area contributed by atoms with Crippen LogP contribution >= 0.6 is 0 Å². The van der Waals surface area contributed by atoms with Crippen molar-refractivity contribution in [1.29, 1.82) is 0 Å². The van der Waals surface area contributed by atoms with Crippen LogP contribution in [0.2, 0.25) is 0 Å². The molecule has 2 aromatic heterocycles. The van der Waals surface area contributed by atoms with Crippen molar-refractivity contribution in [2.75, 3.05) is 4.90 Å². The number of aromatic nitrogens is 1. The summed E-state index contributed by atoms with van der Waals surface area (Å²) >= 11 is 0. The van der Waals surface area contributed by atoms with Gasteiger partial charge < -0.3 is 13.9 Å². The Morgan fingerprint density at radius 1 is 0.351 bits per heavy atom. The van der Waals surface area contributed by atoms with E-state index < -0.39 is 0 Å². The molecule has 57 heavy (non-hydrogen) atoms. The first kappa shape index (κ1) is 32.8. The average molecular weight is 729 g/mol. The highest BCUT2D eigenvalue weighted by Gasteiger charge is 2.23. The smallest absolute Gasteiger partial charge is 0.137 e. The van der Waals surface area contributed by atoms with Crippen LogP contribution in [0.25, 0.3) is 82.8 Å². The number of hydrogen-bond donors (Lipinski definition) is 0. The SMILES string of the molecule is c1ccc(-c2ccc(N(c3ccc4c5c(-c6ccccc6-c6ccccc6)cccc5n(-c5ccccc5)c4c3)c3cccc4oc5ccccc5c34)cc2)cc1. The second-order valence-corrected chi connectivity index (χ2v) is 14.5. The van der Waals surface area contributed by atoms with Crippen molar-refractivity contribution in [1.82, 2.24) is 4.57 Å². The van der Waals surface area contributed by atoms with E-state index in [-0.39, 0.29) is 0 Å². The van der Waals surface area contributed by atoms with E-state index in [0.29, 0.717) is 0 Å². The van der Waals surface area contributed by atoms with Crippen molar-refractivity contribution in [2.45, 2.75) is 0 Å². The minimum atomic E-state index is 0.862. The summed E-state index contributed by atoms with van der Waals surface area (Å²) in [7, 11) is 0. The summed E-state index contributed by atoms with van der Waals surface area (Å²) in [6, 6.07) is 78.1. The number of hydrogen-bond acceptors (Lipinski definition) is 2. The van der Waals surface area contributed by atoms with Crippen LogP contribution in [0, 0.1) is 0 Å². The van der Waals surface area contributed by atoms with E-state index in [2.05, 4.69) is 222 Å². The summed E-state index contributed by atoms with van der Waals surface area (Å²) in [4.78, 5) is 2.39. The van der Waals surface area contributed by atoms with Gasteiger partial charge in [-0.05, 0) is 94.0 Å². The molecule has 3 nitrogen and oxygen atoms in total. The van der Waals surface area contributed by atoms with Gasteiger partial charge in [-0.25, -0.2) is 0 Å². The molecule has 2 heterocycles. The maximum atomic E-state index is 6.45. The van der Waals surface area contributed by atoms with E-state index in [4.69, 9.17) is 4.42 Å². The molecule has 0 aliphatic carbocycles. The molecule has 9 aromatic carbocycles. The maximum Gasteiger partial charge on any atom is 0.137 e. The zero-order valence-corrected chi connectivity index (χ0v) is 31.1. The van der Waals surface area contributed by atoms with Crippen molar-refractivity contribution >= 4 is 60.8 Å². The summed E-state index contributed by atoms with van der Waals surface area (Å²) in [6.07, 6.45) is 0. The van der Waals surface area contributed by atoms with Crippen LogP contribution in [0.15, 0.2) is 223 Å². The van der Waals surface area contributed by atoms with Crippen LogP contribution in [0.3, 0.4) is 0 Å². The summed E-state index contributed by atoms with van der Waals surface area (Å²) in [5.41, 5.74) is 15.5. The molecular weight excluding hydrogens is 693 g/mol. The molecule has 0 unspecified atom stereocenters. The Hall–Kier alpha value is -7.62. The normalized spacial score (nSPS) is 11.5. The van der Waals surface area contributed by atoms with Gasteiger partial charge >= 0.3 is 0 Å². The van der Waals surface area contributed by atoms with Crippen molar-refractivity contribution in [3.05, 3.63) is 218 Å². The van der Waals surface area contributed by atoms with Gasteiger partial charge in [0.25, 0.3) is 0 Å². The lowest BCUT2D eigenvalue weighted by atomic mass is 9.92. The van der Waals surface area contributed by atoms with Crippen LogP contribution in [-0.2, 0) is 0 Å². The molecule has 0 aliphatic rings. The Bertz CT molecular complexity index is 3220. The van der Waals surface area contributed by atoms with Gasteiger partial charge in [-0.15, -0.1) is 0 Å². The number of benzene rings is 9. The van der Waals surface area contributed by atoms with E-state index in [1.54, 1.807) is 0 Å². The molecule has 0 amide bonds. The number of rotatable bonds is 7. The fourth-order valence-electron chi connectivity index (χ4n) is 8.67. The fraction of sp³-hybridized carbons (Fsp3) is 0. The third kappa shape index (κ3) is 5.51. The van der Waals surface area contributed by atoms with Gasteiger partial charge in [0.15, 0.2) is 0 Å². The molecule has 3 heteroatoms. The second kappa shape index (κ2) is 13.6. The lowest BCUT2D eigenvalue weighted by Gasteiger charge is -2.27. The van der Waals surface area contributed by atoms with Crippen LogP contribution in [0.4, 0.5) is 17.1 Å². The Kier molecular flexibility index (Phi) is 7.82. The number of para-hydroxylation sites is 2. The predicted molar refractivity (Wildman–Crippen MR) is 239 cm³/mol. The maximum absolute atomic E-state index is 6.45. The summed E-state index contributed by atoms with van der Waals surface area (Å²) in [5.74, 6) is 0. The molecular formula is C54H36N2O. The number of fused-ring (bicyclic) bond motifs is 6. The van der Waals surface area contributed by atoms with E-state index >= 15 is 0 Å². The van der Waals surface area contributed by atoms with E-state index in [9.17, 15) is 0 Å². The quantitative estimate of drug-likeness (QED) is 0.163. The largest absolute Gasteiger partial charge is 0.456 e. The Balaban J connectivity index is 1.18. The number of furan rings is 1. The van der Waals surface area contributed by atoms with Gasteiger partial charge in [0, 0.05) is 33.2 Å². The molecule has 0 spiro atoms. The summed E-state index contributed by atoms with van der Waals surface area (Å²) in [5, 5.41) is 4.61. The first-order valence-corrected chi connectivity index (χ1v) is 19.4. The molecule has 268 valence electrons. The molecule has 0 aliphatic heterocycles. The highest BCUT2D eigenvalue weighted by atomic mass is 16.3. The molecule has 0 N–H and O–H groups in total. The minimum absolute atomic E-state index is 0.862. The van der Waals surface area contributed by atoms with Crippen molar-refractivity contribution < 1.29 is 4.42 Å². The second-order valence-electron chi connectivity index (χ2n) is 14.5. The van der Waals surface area contributed by atoms with Crippen molar-refractivity contribution in [2.24, 2.45) is 0 Å². The standard InChI is InChI=1S/C54H36N2O/c1-4-16-37(17-5-1)38-30-32-41(33-31-38)55(49-27-15-29-52-54(49)47-24-12-13-28-51(47)57-52)42-34-35-46-50(36-42)56(40-20-8-3-9-21-40)48-26-14-25-45(53(46)48)44-23-11-10-22-43(44)39-18-6-2-7-19-39/h1-36H. The Morgan fingerprint density at radius 2 is 0.947 bits per heavy atom. The van der Waals surface area contributed by atoms with Crippen molar-refractivity contribution in [3.63, 3.8) is 0 Å². The third-order valence-electron chi connectivity index (χ3n) is 11.2. The van der Waals surface area contributed by atoms with Gasteiger partial charge in [-0.1, -0.05) is 158 Å². The Morgan fingerprint density at radius 3 is 1.74 bits per heavy atom. The van der Waals surface area contributed by atoms with Crippen LogP contribution in [0.1, 0.15) is 0 Å². The Labute approximate surface area is 330 Å². The van der Waals surface area contributed by atoms with Crippen LogP contribution < -0.4 is 4.90 Å². The van der Waals surface area contributed by atoms with Gasteiger partial charge in [-0.2, -0.15) is 0 Å². The van der Waals surface area contributed by atoms with Gasteiger partial charge in [0.2, 0.25) is 0 Å². The van der Waals surface area contributed by atoms with Gasteiger partial charge in [0.1, 0.15) is 11.2 Å². The lowest BCUT2D eigenvalue weighted by molar-refractivity contribution is 0.669. The monoisotopic (exact) mass is 728 g/mol. The minimum Gasteiger partial charge on any atom is -0.456 e. The molecule has 0 bridgehead atoms. The number of anilines is 3. The van der Waals surface area contributed by atoms with Gasteiger partial charge in [0.05, 0.1) is 22.1 Å². The highest BCUT2D eigenvalue weighted by Crippen LogP contribution is 2.46. The van der Waals surface area contributed by atoms with Gasteiger partial charge in [-0.3, -0.25) is 0 Å². The first-order chi connectivity index (χ1) is 28.3. The molecule has 11 aromatic rings. The molecule has 0 radical (unpaired) electrons. The topological polar surface area (TPSA) is 21.3 Å². The fourth-order valence-corrected chi connectivity index (χ4v) is 8.67. The molecule has 11 rings (SSSR count). The lowest BCUT2D eigenvalue weighted by Crippen LogP contribution is -2.10. The number of nitrogens with zero attached hydrogens (tertiary/aromatic N) is 2.